The van der Waals surface area contributed by atoms with Crippen molar-refractivity contribution < 1.29 is 19.1 Å². The quantitative estimate of drug-likeness (QED) is 0.709. The van der Waals surface area contributed by atoms with Gasteiger partial charge in [0.1, 0.15) is 11.8 Å². The number of ether oxygens (including phenoxy) is 1. The smallest absolute Gasteiger partial charge is 0.262 e. The second kappa shape index (κ2) is 9.89. The van der Waals surface area contributed by atoms with Gasteiger partial charge in [-0.15, -0.1) is 11.3 Å². The maximum atomic E-state index is 12.6. The molecule has 0 spiro atoms. The van der Waals surface area contributed by atoms with Crippen molar-refractivity contribution in [1.29, 1.82) is 0 Å². The van der Waals surface area contributed by atoms with Crippen molar-refractivity contribution in [3.8, 4) is 5.75 Å². The molecule has 2 N–H and O–H groups in total. The molecule has 3 amide bonds. The third kappa shape index (κ3) is 6.09. The van der Waals surface area contributed by atoms with Gasteiger partial charge < -0.3 is 20.3 Å². The van der Waals surface area contributed by atoms with E-state index in [4.69, 9.17) is 4.74 Å². The topological polar surface area (TPSA) is 87.7 Å². The third-order valence-corrected chi connectivity index (χ3v) is 4.83. The highest BCUT2D eigenvalue weighted by atomic mass is 32.1. The molecule has 8 heteroatoms. The van der Waals surface area contributed by atoms with Crippen LogP contribution in [0, 0.1) is 5.92 Å². The zero-order chi connectivity index (χ0) is 20.7. The van der Waals surface area contributed by atoms with Gasteiger partial charge in [0.15, 0.2) is 6.61 Å². The summed E-state index contributed by atoms with van der Waals surface area (Å²) in [6.45, 7) is 3.69. The maximum Gasteiger partial charge on any atom is 0.262 e. The summed E-state index contributed by atoms with van der Waals surface area (Å²) in [7, 11) is 3.32. The van der Waals surface area contributed by atoms with E-state index in [0.29, 0.717) is 16.3 Å². The summed E-state index contributed by atoms with van der Waals surface area (Å²) in [4.78, 5) is 38.5. The number of nitrogens with one attached hydrogen (secondary N) is 2. The molecular formula is C20H25N3O4S. The van der Waals surface area contributed by atoms with Crippen LogP contribution in [0.4, 0.5) is 5.69 Å². The molecule has 0 fully saturated rings. The molecule has 1 aromatic heterocycles. The van der Waals surface area contributed by atoms with Gasteiger partial charge in [-0.2, -0.15) is 0 Å². The molecule has 0 saturated heterocycles. The number of carbonyl (C=O) groups is 3. The molecule has 150 valence electrons. The molecule has 2 rings (SSSR count). The Morgan fingerprint density at radius 1 is 1.11 bits per heavy atom. The number of benzene rings is 1. The molecule has 0 aliphatic heterocycles. The molecule has 0 aliphatic carbocycles. The third-order valence-electron chi connectivity index (χ3n) is 3.96. The average molecular weight is 404 g/mol. The molecule has 2 aromatic rings. The highest BCUT2D eigenvalue weighted by Gasteiger charge is 2.25. The number of thiophene rings is 1. The van der Waals surface area contributed by atoms with Gasteiger partial charge in [0, 0.05) is 19.8 Å². The minimum atomic E-state index is -0.664. The molecule has 0 bridgehead atoms. The number of hydrogen-bond acceptors (Lipinski definition) is 5. The zero-order valence-electron chi connectivity index (χ0n) is 16.4. The lowest BCUT2D eigenvalue weighted by atomic mass is 10.0. The fraction of sp³-hybridized carbons (Fsp3) is 0.350. The van der Waals surface area contributed by atoms with E-state index in [1.54, 1.807) is 50.5 Å². The fourth-order valence-corrected chi connectivity index (χ4v) is 2.91. The Hall–Kier alpha value is -2.87. The Balaban J connectivity index is 1.95. The Labute approximate surface area is 168 Å². The second-order valence-electron chi connectivity index (χ2n) is 6.76. The minimum Gasteiger partial charge on any atom is -0.484 e. The molecule has 28 heavy (non-hydrogen) atoms. The van der Waals surface area contributed by atoms with E-state index in [9.17, 15) is 14.4 Å². The van der Waals surface area contributed by atoms with Crippen LogP contribution in [0.2, 0.25) is 0 Å². The second-order valence-corrected chi connectivity index (χ2v) is 7.71. The van der Waals surface area contributed by atoms with Crippen LogP contribution in [-0.4, -0.2) is 49.4 Å². The highest BCUT2D eigenvalue weighted by Crippen LogP contribution is 2.17. The molecule has 1 aromatic carbocycles. The van der Waals surface area contributed by atoms with E-state index in [0.717, 1.165) is 0 Å². The SMILES string of the molecule is CC(C)[C@@H](NC(=O)c1cccs1)C(=O)Nc1ccc(OCC(=O)N(C)C)cc1. The summed E-state index contributed by atoms with van der Waals surface area (Å²) in [6.07, 6.45) is 0. The molecule has 1 atom stereocenters. The van der Waals surface area contributed by atoms with Crippen molar-refractivity contribution in [1.82, 2.24) is 10.2 Å². The molecule has 7 nitrogen and oxygen atoms in total. The van der Waals surface area contributed by atoms with Gasteiger partial charge >= 0.3 is 0 Å². The maximum absolute atomic E-state index is 12.6. The van der Waals surface area contributed by atoms with E-state index in [1.165, 1.54) is 16.2 Å². The first-order valence-corrected chi connectivity index (χ1v) is 9.74. The van der Waals surface area contributed by atoms with Crippen LogP contribution in [0.3, 0.4) is 0 Å². The summed E-state index contributed by atoms with van der Waals surface area (Å²) < 4.78 is 5.41. The van der Waals surface area contributed by atoms with Gasteiger partial charge in [-0.05, 0) is 41.6 Å². The standard InChI is InChI=1S/C20H25N3O4S/c1-13(2)18(22-19(25)16-6-5-11-28-16)20(26)21-14-7-9-15(10-8-14)27-12-17(24)23(3)4/h5-11,13,18H,12H2,1-4H3,(H,21,26)(H,22,25)/t18-/m1/s1. The van der Waals surface area contributed by atoms with E-state index < -0.39 is 6.04 Å². The van der Waals surface area contributed by atoms with E-state index in [-0.39, 0.29) is 30.2 Å². The van der Waals surface area contributed by atoms with Crippen molar-refractivity contribution in [3.63, 3.8) is 0 Å². The van der Waals surface area contributed by atoms with Crippen molar-refractivity contribution >= 4 is 34.7 Å². The number of likely N-dealkylation sites (N-methyl/N-ethyl adjacent to an activating group) is 1. The van der Waals surface area contributed by atoms with Gasteiger partial charge in [-0.25, -0.2) is 0 Å². The Morgan fingerprint density at radius 2 is 1.79 bits per heavy atom. The summed E-state index contributed by atoms with van der Waals surface area (Å²) in [5.74, 6) is -0.253. The monoisotopic (exact) mass is 403 g/mol. The van der Waals surface area contributed by atoms with Gasteiger partial charge in [0.25, 0.3) is 11.8 Å². The first-order chi connectivity index (χ1) is 13.3. The van der Waals surface area contributed by atoms with Crippen LogP contribution in [0.1, 0.15) is 23.5 Å². The Kier molecular flexibility index (Phi) is 7.57. The Bertz CT molecular complexity index is 801. The lowest BCUT2D eigenvalue weighted by Crippen LogP contribution is -2.46. The van der Waals surface area contributed by atoms with E-state index in [2.05, 4.69) is 10.6 Å². The van der Waals surface area contributed by atoms with Crippen LogP contribution in [0.5, 0.6) is 5.75 Å². The van der Waals surface area contributed by atoms with Gasteiger partial charge in [0.2, 0.25) is 5.91 Å². The number of carbonyl (C=O) groups excluding carboxylic acids is 3. The zero-order valence-corrected chi connectivity index (χ0v) is 17.2. The number of hydrogen-bond donors (Lipinski definition) is 2. The predicted molar refractivity (Wildman–Crippen MR) is 110 cm³/mol. The van der Waals surface area contributed by atoms with E-state index >= 15 is 0 Å². The lowest BCUT2D eigenvalue weighted by molar-refractivity contribution is -0.130. The minimum absolute atomic E-state index is 0.0527. The molecular weight excluding hydrogens is 378 g/mol. The normalized spacial score (nSPS) is 11.6. The van der Waals surface area contributed by atoms with Crippen molar-refractivity contribution in [2.75, 3.05) is 26.0 Å². The predicted octanol–water partition coefficient (Wildman–Crippen LogP) is 2.61. The number of nitrogens with zero attached hydrogens (tertiary/aromatic N) is 1. The molecule has 1 heterocycles. The summed E-state index contributed by atoms with van der Waals surface area (Å²) >= 11 is 1.33. The largest absolute Gasteiger partial charge is 0.484 e. The van der Waals surface area contributed by atoms with Crippen molar-refractivity contribution in [2.24, 2.45) is 5.92 Å². The average Bonchev–Trinajstić information content (AvgIpc) is 3.19. The Morgan fingerprint density at radius 3 is 2.32 bits per heavy atom. The van der Waals surface area contributed by atoms with Crippen molar-refractivity contribution in [2.45, 2.75) is 19.9 Å². The van der Waals surface area contributed by atoms with Gasteiger partial charge in [-0.1, -0.05) is 19.9 Å². The van der Waals surface area contributed by atoms with Crippen LogP contribution in [0.15, 0.2) is 41.8 Å². The van der Waals surface area contributed by atoms with E-state index in [1.807, 2.05) is 19.2 Å². The van der Waals surface area contributed by atoms with Crippen molar-refractivity contribution in [3.05, 3.63) is 46.7 Å². The summed E-state index contributed by atoms with van der Waals surface area (Å²) in [5, 5.41) is 7.40. The first-order valence-electron chi connectivity index (χ1n) is 8.86. The van der Waals surface area contributed by atoms with Crippen LogP contribution in [-0.2, 0) is 9.59 Å². The summed E-state index contributed by atoms with van der Waals surface area (Å²) in [6, 6.07) is 9.57. The first kappa shape index (κ1) is 21.4. The van der Waals surface area contributed by atoms with Crippen LogP contribution in [0.25, 0.3) is 0 Å². The molecule has 0 saturated carbocycles. The number of anilines is 1. The van der Waals surface area contributed by atoms with Crippen LogP contribution >= 0.6 is 11.3 Å². The van der Waals surface area contributed by atoms with Crippen LogP contribution < -0.4 is 15.4 Å². The summed E-state index contributed by atoms with van der Waals surface area (Å²) in [5.41, 5.74) is 0.576. The molecule has 0 radical (unpaired) electrons. The number of rotatable bonds is 8. The fourth-order valence-electron chi connectivity index (χ4n) is 2.28. The molecule has 0 unspecified atom stereocenters. The van der Waals surface area contributed by atoms with Gasteiger partial charge in [-0.3, -0.25) is 14.4 Å². The molecule has 0 aliphatic rings. The lowest BCUT2D eigenvalue weighted by Gasteiger charge is -2.21. The number of amides is 3. The van der Waals surface area contributed by atoms with Gasteiger partial charge in [0.05, 0.1) is 4.88 Å². The highest BCUT2D eigenvalue weighted by molar-refractivity contribution is 7.12.